The smallest absolute Gasteiger partial charge is 0.308 e. The van der Waals surface area contributed by atoms with Crippen molar-refractivity contribution in [2.75, 3.05) is 0 Å². The van der Waals surface area contributed by atoms with Gasteiger partial charge in [0.05, 0.1) is 6.42 Å². The van der Waals surface area contributed by atoms with Gasteiger partial charge in [0.25, 0.3) is 0 Å². The van der Waals surface area contributed by atoms with E-state index in [0.717, 1.165) is 12.8 Å². The van der Waals surface area contributed by atoms with Gasteiger partial charge in [-0.2, -0.15) is 0 Å². The fraction of sp³-hybridized carbons (Fsp3) is 0.818. The minimum atomic E-state index is -0.675. The van der Waals surface area contributed by atoms with Crippen molar-refractivity contribution in [2.24, 2.45) is 28.6 Å². The Morgan fingerprint density at radius 2 is 1.93 bits per heavy atom. The summed E-state index contributed by atoms with van der Waals surface area (Å²) in [5, 5.41) is 0. The third kappa shape index (κ3) is 2.93. The standard InChI is InChI=1S/C22H32O5/c1-12-14-7-6-9-21(3,4)16(14)8-10-22(12,5)18-15-11-17(24)26-20(18)27-19(15)25-13(2)23/h12,15,18-20H,6-11H2,1-5H3/t12-,15+,18+,19-,20+,22-/m1/s1. The SMILES string of the molecule is CC(=O)O[C@@H]1O[C@@H]2OC(=O)C[C@H]1[C@@H]2[C@]1(C)CCC2=C(CCCC2(C)C)[C@H]1C. The molecule has 0 aromatic carbocycles. The highest BCUT2D eigenvalue weighted by Gasteiger charge is 2.61. The van der Waals surface area contributed by atoms with Crippen molar-refractivity contribution >= 4 is 11.9 Å². The molecule has 5 heteroatoms. The van der Waals surface area contributed by atoms with Crippen LogP contribution in [-0.2, 0) is 23.8 Å². The van der Waals surface area contributed by atoms with Crippen LogP contribution in [0.2, 0.25) is 0 Å². The van der Waals surface area contributed by atoms with E-state index in [4.69, 9.17) is 14.2 Å². The quantitative estimate of drug-likeness (QED) is 0.529. The molecule has 0 saturated carbocycles. The largest absolute Gasteiger partial charge is 0.435 e. The van der Waals surface area contributed by atoms with E-state index in [0.29, 0.717) is 5.92 Å². The molecule has 2 aliphatic carbocycles. The number of carbonyl (C=O) groups is 2. The van der Waals surface area contributed by atoms with Crippen molar-refractivity contribution in [3.8, 4) is 0 Å². The first-order valence-corrected chi connectivity index (χ1v) is 10.4. The number of allylic oxidation sites excluding steroid dienone is 2. The van der Waals surface area contributed by atoms with Gasteiger partial charge in [-0.3, -0.25) is 9.59 Å². The highest BCUT2D eigenvalue weighted by Crippen LogP contribution is 2.61. The molecule has 0 radical (unpaired) electrons. The predicted octanol–water partition coefficient (Wildman–Crippen LogP) is 4.35. The maximum atomic E-state index is 12.0. The molecule has 27 heavy (non-hydrogen) atoms. The molecule has 150 valence electrons. The molecule has 4 aliphatic rings. The van der Waals surface area contributed by atoms with Crippen LogP contribution in [-0.4, -0.2) is 24.5 Å². The van der Waals surface area contributed by atoms with Gasteiger partial charge in [0, 0.05) is 18.8 Å². The number of esters is 2. The maximum absolute atomic E-state index is 12.0. The van der Waals surface area contributed by atoms with Crippen molar-refractivity contribution in [1.82, 2.24) is 0 Å². The van der Waals surface area contributed by atoms with E-state index >= 15 is 0 Å². The van der Waals surface area contributed by atoms with E-state index in [1.165, 1.54) is 26.2 Å². The molecule has 2 heterocycles. The first-order valence-electron chi connectivity index (χ1n) is 10.4. The fourth-order valence-corrected chi connectivity index (χ4v) is 6.36. The molecule has 0 spiro atoms. The highest BCUT2D eigenvalue weighted by molar-refractivity contribution is 5.71. The minimum absolute atomic E-state index is 0.0306. The lowest BCUT2D eigenvalue weighted by molar-refractivity contribution is -0.214. The second kappa shape index (κ2) is 6.33. The molecule has 2 fully saturated rings. The number of hydrogen-bond acceptors (Lipinski definition) is 5. The third-order valence-corrected chi connectivity index (χ3v) is 7.94. The molecule has 0 aromatic heterocycles. The monoisotopic (exact) mass is 376 g/mol. The second-order valence-corrected chi connectivity index (χ2v) is 9.83. The Kier molecular flexibility index (Phi) is 4.45. The zero-order chi connectivity index (χ0) is 19.6. The van der Waals surface area contributed by atoms with Crippen LogP contribution in [0.15, 0.2) is 11.1 Å². The molecule has 2 saturated heterocycles. The minimum Gasteiger partial charge on any atom is -0.435 e. The number of fused-ring (bicyclic) bond motifs is 2. The van der Waals surface area contributed by atoms with Crippen molar-refractivity contribution in [3.05, 3.63) is 11.1 Å². The number of rotatable bonds is 2. The molecular weight excluding hydrogens is 344 g/mol. The zero-order valence-electron chi connectivity index (χ0n) is 17.2. The summed E-state index contributed by atoms with van der Waals surface area (Å²) in [4.78, 5) is 23.6. The molecule has 4 rings (SSSR count). The Bertz CT molecular complexity index is 693. The van der Waals surface area contributed by atoms with Crippen LogP contribution in [0, 0.1) is 28.6 Å². The number of ether oxygens (including phenoxy) is 3. The van der Waals surface area contributed by atoms with Gasteiger partial charge in [0.2, 0.25) is 12.6 Å². The summed E-state index contributed by atoms with van der Waals surface area (Å²) < 4.78 is 16.9. The summed E-state index contributed by atoms with van der Waals surface area (Å²) in [5.74, 6) is -0.270. The molecule has 0 amide bonds. The van der Waals surface area contributed by atoms with E-state index < -0.39 is 12.6 Å². The topological polar surface area (TPSA) is 61.8 Å². The summed E-state index contributed by atoms with van der Waals surface area (Å²) in [7, 11) is 0. The summed E-state index contributed by atoms with van der Waals surface area (Å²) in [6.07, 6.45) is 4.82. The Balaban J connectivity index is 1.67. The van der Waals surface area contributed by atoms with E-state index in [-0.39, 0.29) is 41.0 Å². The van der Waals surface area contributed by atoms with Crippen LogP contribution >= 0.6 is 0 Å². The van der Waals surface area contributed by atoms with Gasteiger partial charge < -0.3 is 14.2 Å². The van der Waals surface area contributed by atoms with E-state index in [1.807, 2.05) is 0 Å². The van der Waals surface area contributed by atoms with Gasteiger partial charge in [0.1, 0.15) is 0 Å². The van der Waals surface area contributed by atoms with Crippen LogP contribution in [0.1, 0.15) is 73.1 Å². The van der Waals surface area contributed by atoms with Crippen LogP contribution in [0.5, 0.6) is 0 Å². The van der Waals surface area contributed by atoms with Crippen LogP contribution in [0.4, 0.5) is 0 Å². The van der Waals surface area contributed by atoms with Gasteiger partial charge in [-0.15, -0.1) is 0 Å². The molecule has 2 bridgehead atoms. The number of carbonyl (C=O) groups excluding carboxylic acids is 2. The molecular formula is C22H32O5. The van der Waals surface area contributed by atoms with Gasteiger partial charge in [-0.1, -0.05) is 38.8 Å². The van der Waals surface area contributed by atoms with E-state index in [2.05, 4.69) is 27.7 Å². The first-order chi connectivity index (χ1) is 12.6. The summed E-state index contributed by atoms with van der Waals surface area (Å²) in [6.45, 7) is 10.8. The molecule has 5 nitrogen and oxygen atoms in total. The number of hydrogen-bond donors (Lipinski definition) is 0. The Morgan fingerprint density at radius 3 is 2.63 bits per heavy atom. The normalized spacial score (nSPS) is 43.1. The highest BCUT2D eigenvalue weighted by atomic mass is 16.8. The van der Waals surface area contributed by atoms with E-state index in [1.54, 1.807) is 11.1 Å². The summed E-state index contributed by atoms with van der Waals surface area (Å²) >= 11 is 0. The molecule has 0 N–H and O–H groups in total. The van der Waals surface area contributed by atoms with Crippen LogP contribution < -0.4 is 0 Å². The lowest BCUT2D eigenvalue weighted by atomic mass is 9.52. The van der Waals surface area contributed by atoms with Gasteiger partial charge >= 0.3 is 11.9 Å². The average Bonchev–Trinajstić information content (AvgIpc) is 2.79. The van der Waals surface area contributed by atoms with Crippen molar-refractivity contribution in [2.45, 2.75) is 85.7 Å². The Hall–Kier alpha value is -1.36. The predicted molar refractivity (Wildman–Crippen MR) is 99.3 cm³/mol. The second-order valence-electron chi connectivity index (χ2n) is 9.83. The lowest BCUT2D eigenvalue weighted by Crippen LogP contribution is -2.49. The van der Waals surface area contributed by atoms with Gasteiger partial charge in [-0.25, -0.2) is 0 Å². The van der Waals surface area contributed by atoms with Gasteiger partial charge in [-0.05, 0) is 48.9 Å². The molecule has 0 unspecified atom stereocenters. The maximum Gasteiger partial charge on any atom is 0.308 e. The molecule has 0 aromatic rings. The van der Waals surface area contributed by atoms with Gasteiger partial charge in [0.15, 0.2) is 0 Å². The Morgan fingerprint density at radius 1 is 1.19 bits per heavy atom. The summed E-state index contributed by atoms with van der Waals surface area (Å²) in [6, 6.07) is 0. The molecule has 2 aliphatic heterocycles. The third-order valence-electron chi connectivity index (χ3n) is 7.94. The average molecular weight is 376 g/mol. The van der Waals surface area contributed by atoms with Crippen LogP contribution in [0.3, 0.4) is 0 Å². The molecule has 6 atom stereocenters. The van der Waals surface area contributed by atoms with Crippen molar-refractivity contribution in [3.63, 3.8) is 0 Å². The Labute approximate surface area is 161 Å². The van der Waals surface area contributed by atoms with Crippen LogP contribution in [0.25, 0.3) is 0 Å². The van der Waals surface area contributed by atoms with Crippen molar-refractivity contribution in [1.29, 1.82) is 0 Å². The fourth-order valence-electron chi connectivity index (χ4n) is 6.36. The lowest BCUT2D eigenvalue weighted by Gasteiger charge is -2.52. The first kappa shape index (κ1) is 19.0. The van der Waals surface area contributed by atoms with Crippen molar-refractivity contribution < 1.29 is 23.8 Å². The van der Waals surface area contributed by atoms with E-state index in [9.17, 15) is 9.59 Å². The zero-order valence-corrected chi connectivity index (χ0v) is 17.2. The summed E-state index contributed by atoms with van der Waals surface area (Å²) in [5.41, 5.74) is 3.52.